The summed E-state index contributed by atoms with van der Waals surface area (Å²) in [5, 5.41) is 2.82. The van der Waals surface area contributed by atoms with Crippen molar-refractivity contribution < 1.29 is 14.3 Å². The zero-order valence-corrected chi connectivity index (χ0v) is 17.6. The molecule has 0 saturated carbocycles. The summed E-state index contributed by atoms with van der Waals surface area (Å²) in [4.78, 5) is 26.1. The van der Waals surface area contributed by atoms with Crippen LogP contribution >= 0.6 is 0 Å². The van der Waals surface area contributed by atoms with Crippen LogP contribution in [0.5, 0.6) is 5.75 Å². The van der Waals surface area contributed by atoms with Gasteiger partial charge in [0.2, 0.25) is 5.91 Å². The molecule has 0 atom stereocenters. The van der Waals surface area contributed by atoms with Crippen LogP contribution in [0.15, 0.2) is 48.5 Å². The number of nitrogens with zero attached hydrogens (tertiary/aromatic N) is 1. The first-order chi connectivity index (χ1) is 14.5. The fourth-order valence-electron chi connectivity index (χ4n) is 3.92. The van der Waals surface area contributed by atoms with Gasteiger partial charge in [0.25, 0.3) is 5.91 Å². The quantitative estimate of drug-likeness (QED) is 0.664. The molecule has 0 aliphatic carbocycles. The van der Waals surface area contributed by atoms with Gasteiger partial charge in [-0.15, -0.1) is 0 Å². The zero-order valence-electron chi connectivity index (χ0n) is 17.6. The van der Waals surface area contributed by atoms with Crippen molar-refractivity contribution in [3.8, 4) is 5.75 Å². The molecule has 0 unspecified atom stereocenters. The van der Waals surface area contributed by atoms with Gasteiger partial charge >= 0.3 is 0 Å². The van der Waals surface area contributed by atoms with Crippen molar-refractivity contribution in [3.63, 3.8) is 0 Å². The first-order valence-electron chi connectivity index (χ1n) is 10.7. The molecule has 0 aromatic heterocycles. The number of para-hydroxylation sites is 1. The second kappa shape index (κ2) is 10.8. The second-order valence-electron chi connectivity index (χ2n) is 7.79. The molecule has 2 aromatic carbocycles. The zero-order chi connectivity index (χ0) is 21.3. The van der Waals surface area contributed by atoms with Crippen LogP contribution in [0.2, 0.25) is 0 Å². The number of likely N-dealkylation sites (tertiary alicyclic amines) is 1. The van der Waals surface area contributed by atoms with Gasteiger partial charge in [-0.1, -0.05) is 24.3 Å². The number of amides is 2. The van der Waals surface area contributed by atoms with E-state index in [1.807, 2.05) is 19.1 Å². The van der Waals surface area contributed by atoms with Gasteiger partial charge in [-0.2, -0.15) is 0 Å². The Labute approximate surface area is 178 Å². The van der Waals surface area contributed by atoms with Crippen molar-refractivity contribution in [2.75, 3.05) is 31.6 Å². The summed E-state index contributed by atoms with van der Waals surface area (Å²) in [7, 11) is 0. The molecule has 3 rings (SSSR count). The Morgan fingerprint density at radius 1 is 1.10 bits per heavy atom. The van der Waals surface area contributed by atoms with Crippen LogP contribution in [0, 0.1) is 5.92 Å². The second-order valence-corrected chi connectivity index (χ2v) is 7.79. The van der Waals surface area contributed by atoms with Crippen molar-refractivity contribution in [1.29, 1.82) is 0 Å². The maximum absolute atomic E-state index is 12.4. The Morgan fingerprint density at radius 2 is 1.80 bits per heavy atom. The molecule has 0 radical (unpaired) electrons. The highest BCUT2D eigenvalue weighted by atomic mass is 16.5. The minimum Gasteiger partial charge on any atom is -0.494 e. The summed E-state index contributed by atoms with van der Waals surface area (Å²) in [5.74, 6) is 0.952. The minimum atomic E-state index is -0.542. The monoisotopic (exact) mass is 409 g/mol. The molecule has 1 aliphatic rings. The first-order valence-corrected chi connectivity index (χ1v) is 10.7. The van der Waals surface area contributed by atoms with Gasteiger partial charge in [0.05, 0.1) is 24.4 Å². The van der Waals surface area contributed by atoms with Crippen molar-refractivity contribution >= 4 is 17.5 Å². The summed E-state index contributed by atoms with van der Waals surface area (Å²) >= 11 is 0. The summed E-state index contributed by atoms with van der Waals surface area (Å²) in [6, 6.07) is 15.2. The average Bonchev–Trinajstić information content (AvgIpc) is 2.74. The summed E-state index contributed by atoms with van der Waals surface area (Å²) in [6.07, 6.45) is 4.44. The van der Waals surface area contributed by atoms with Crippen molar-refractivity contribution in [1.82, 2.24) is 4.90 Å². The third kappa shape index (κ3) is 6.32. The largest absolute Gasteiger partial charge is 0.494 e. The molecule has 30 heavy (non-hydrogen) atoms. The lowest BCUT2D eigenvalue weighted by Crippen LogP contribution is -2.39. The maximum atomic E-state index is 12.4. The van der Waals surface area contributed by atoms with Gasteiger partial charge in [-0.05, 0) is 81.4 Å². The molecule has 3 N–H and O–H groups in total. The lowest BCUT2D eigenvalue weighted by molar-refractivity contribution is -0.117. The van der Waals surface area contributed by atoms with E-state index in [1.54, 1.807) is 24.3 Å². The third-order valence-corrected chi connectivity index (χ3v) is 5.62. The third-order valence-electron chi connectivity index (χ3n) is 5.62. The van der Waals surface area contributed by atoms with Crippen LogP contribution in [0.3, 0.4) is 0 Å². The van der Waals surface area contributed by atoms with Gasteiger partial charge in [0.1, 0.15) is 5.75 Å². The molecule has 0 bridgehead atoms. The Kier molecular flexibility index (Phi) is 7.85. The summed E-state index contributed by atoms with van der Waals surface area (Å²) in [5.41, 5.74) is 7.52. The average molecular weight is 410 g/mol. The van der Waals surface area contributed by atoms with Crippen LogP contribution in [0.1, 0.15) is 42.1 Å². The van der Waals surface area contributed by atoms with Crippen LogP contribution in [0.25, 0.3) is 0 Å². The normalized spacial score (nSPS) is 15.0. The lowest BCUT2D eigenvalue weighted by Gasteiger charge is -2.31. The minimum absolute atomic E-state index is 0.114. The van der Waals surface area contributed by atoms with Crippen LogP contribution in [-0.2, 0) is 11.2 Å². The molecule has 2 aromatic rings. The number of carbonyl (C=O) groups is 2. The number of ether oxygens (including phenoxy) is 1. The van der Waals surface area contributed by atoms with E-state index in [0.29, 0.717) is 30.3 Å². The molecule has 2 amide bonds. The van der Waals surface area contributed by atoms with Crippen LogP contribution in [0.4, 0.5) is 5.69 Å². The van der Waals surface area contributed by atoms with Gasteiger partial charge in [0.15, 0.2) is 0 Å². The fourth-order valence-corrected chi connectivity index (χ4v) is 3.92. The number of carbonyl (C=O) groups excluding carboxylic acids is 2. The first kappa shape index (κ1) is 21.8. The fraction of sp³-hybridized carbons (Fsp3) is 0.417. The highest BCUT2D eigenvalue weighted by Gasteiger charge is 2.21. The van der Waals surface area contributed by atoms with E-state index < -0.39 is 5.91 Å². The summed E-state index contributed by atoms with van der Waals surface area (Å²) < 4.78 is 5.49. The summed E-state index contributed by atoms with van der Waals surface area (Å²) in [6.45, 7) is 4.84. The Balaban J connectivity index is 1.40. The molecular weight excluding hydrogens is 378 g/mol. The standard InChI is InChI=1S/C24H31N3O3/c1-2-30-20-11-9-18(10-12-20)7-8-19-13-15-27(16-14-19)17-23(28)26-22-6-4-3-5-21(22)24(25)29/h3-6,9-12,19H,2,7-8,13-17H2,1H3,(H2,25,29)(H,26,28). The van der Waals surface area contributed by atoms with Gasteiger partial charge < -0.3 is 15.8 Å². The highest BCUT2D eigenvalue weighted by Crippen LogP contribution is 2.23. The van der Waals surface area contributed by atoms with Crippen molar-refractivity contribution in [3.05, 3.63) is 59.7 Å². The van der Waals surface area contributed by atoms with E-state index in [-0.39, 0.29) is 5.91 Å². The number of nitrogens with two attached hydrogens (primary N) is 1. The predicted molar refractivity (Wildman–Crippen MR) is 119 cm³/mol. The number of benzene rings is 2. The van der Waals surface area contributed by atoms with Gasteiger partial charge in [0, 0.05) is 0 Å². The number of aryl methyl sites for hydroxylation is 1. The molecule has 1 aliphatic heterocycles. The van der Waals surface area contributed by atoms with Crippen LogP contribution in [-0.4, -0.2) is 43.0 Å². The van der Waals surface area contributed by atoms with E-state index in [1.165, 1.54) is 12.0 Å². The topological polar surface area (TPSA) is 84.7 Å². The molecule has 6 heteroatoms. The molecule has 1 saturated heterocycles. The predicted octanol–water partition coefficient (Wildman–Crippen LogP) is 3.47. The smallest absolute Gasteiger partial charge is 0.250 e. The molecule has 6 nitrogen and oxygen atoms in total. The SMILES string of the molecule is CCOc1ccc(CCC2CCN(CC(=O)Nc3ccccc3C(N)=O)CC2)cc1. The van der Waals surface area contributed by atoms with Crippen molar-refractivity contribution in [2.24, 2.45) is 11.7 Å². The Hall–Kier alpha value is -2.86. The Bertz CT molecular complexity index is 843. The number of hydrogen-bond donors (Lipinski definition) is 2. The molecule has 0 spiro atoms. The lowest BCUT2D eigenvalue weighted by atomic mass is 9.90. The van der Waals surface area contributed by atoms with Crippen molar-refractivity contribution in [2.45, 2.75) is 32.6 Å². The number of hydrogen-bond acceptors (Lipinski definition) is 4. The maximum Gasteiger partial charge on any atom is 0.250 e. The molecule has 160 valence electrons. The number of primary amides is 1. The molecular formula is C24H31N3O3. The van der Waals surface area contributed by atoms with E-state index in [0.717, 1.165) is 38.1 Å². The number of nitrogens with one attached hydrogen (secondary N) is 1. The number of rotatable bonds is 9. The molecule has 1 fully saturated rings. The molecule has 1 heterocycles. The number of anilines is 1. The van der Waals surface area contributed by atoms with E-state index in [4.69, 9.17) is 10.5 Å². The van der Waals surface area contributed by atoms with Gasteiger partial charge in [-0.25, -0.2) is 0 Å². The van der Waals surface area contributed by atoms with E-state index in [2.05, 4.69) is 22.3 Å². The number of piperidine rings is 1. The van der Waals surface area contributed by atoms with E-state index >= 15 is 0 Å². The Morgan fingerprint density at radius 3 is 2.47 bits per heavy atom. The van der Waals surface area contributed by atoms with Crippen LogP contribution < -0.4 is 15.8 Å². The van der Waals surface area contributed by atoms with Gasteiger partial charge in [-0.3, -0.25) is 14.5 Å². The van der Waals surface area contributed by atoms with E-state index in [9.17, 15) is 9.59 Å². The highest BCUT2D eigenvalue weighted by molar-refractivity contribution is 6.03.